The van der Waals surface area contributed by atoms with Gasteiger partial charge in [0, 0.05) is 43.4 Å². The lowest BCUT2D eigenvalue weighted by atomic mass is 10.2. The number of carbonyl (C=O) groups is 1. The molecular formula is C20H24ClN3O2. The van der Waals surface area contributed by atoms with Gasteiger partial charge in [-0.1, -0.05) is 29.8 Å². The first-order valence-corrected chi connectivity index (χ1v) is 9.28. The van der Waals surface area contributed by atoms with Crippen LogP contribution < -0.4 is 10.1 Å². The van der Waals surface area contributed by atoms with E-state index in [1.807, 2.05) is 60.4 Å². The fourth-order valence-electron chi connectivity index (χ4n) is 2.98. The molecule has 138 valence electrons. The van der Waals surface area contributed by atoms with Crippen molar-refractivity contribution in [2.45, 2.75) is 13.5 Å². The zero-order valence-corrected chi connectivity index (χ0v) is 15.7. The van der Waals surface area contributed by atoms with E-state index in [1.54, 1.807) is 0 Å². The Morgan fingerprint density at radius 2 is 1.77 bits per heavy atom. The first kappa shape index (κ1) is 18.5. The number of halogens is 1. The van der Waals surface area contributed by atoms with Crippen LogP contribution in [0.2, 0.25) is 5.02 Å². The van der Waals surface area contributed by atoms with Crippen LogP contribution >= 0.6 is 11.6 Å². The van der Waals surface area contributed by atoms with E-state index in [0.29, 0.717) is 19.7 Å². The van der Waals surface area contributed by atoms with Crippen LogP contribution in [0.4, 0.5) is 10.5 Å². The summed E-state index contributed by atoms with van der Waals surface area (Å²) in [5.41, 5.74) is 1.90. The predicted molar refractivity (Wildman–Crippen MR) is 105 cm³/mol. The van der Waals surface area contributed by atoms with Gasteiger partial charge in [0.2, 0.25) is 0 Å². The number of hydrogen-bond acceptors (Lipinski definition) is 3. The molecule has 6 heteroatoms. The van der Waals surface area contributed by atoms with E-state index in [0.717, 1.165) is 41.7 Å². The highest BCUT2D eigenvalue weighted by molar-refractivity contribution is 6.31. The summed E-state index contributed by atoms with van der Waals surface area (Å²) < 4.78 is 5.41. The minimum absolute atomic E-state index is 0.0634. The number of urea groups is 1. The summed E-state index contributed by atoms with van der Waals surface area (Å²) in [6.07, 6.45) is 0. The second-order valence-electron chi connectivity index (χ2n) is 6.24. The van der Waals surface area contributed by atoms with E-state index in [4.69, 9.17) is 16.3 Å². The zero-order chi connectivity index (χ0) is 18.4. The maximum atomic E-state index is 12.4. The highest BCUT2D eigenvalue weighted by Gasteiger charge is 2.21. The van der Waals surface area contributed by atoms with Gasteiger partial charge in [-0.05, 0) is 42.8 Å². The summed E-state index contributed by atoms with van der Waals surface area (Å²) >= 11 is 6.23. The van der Waals surface area contributed by atoms with Gasteiger partial charge in [0.05, 0.1) is 6.61 Å². The Balaban J connectivity index is 1.48. The number of nitrogens with zero attached hydrogens (tertiary/aromatic N) is 2. The smallest absolute Gasteiger partial charge is 0.321 e. The van der Waals surface area contributed by atoms with Crippen LogP contribution in [0.5, 0.6) is 5.75 Å². The van der Waals surface area contributed by atoms with Crippen LogP contribution in [-0.2, 0) is 6.54 Å². The molecule has 3 rings (SSSR count). The van der Waals surface area contributed by atoms with Gasteiger partial charge in [-0.15, -0.1) is 0 Å². The average Bonchev–Trinajstić information content (AvgIpc) is 2.66. The zero-order valence-electron chi connectivity index (χ0n) is 15.0. The molecule has 0 aliphatic carbocycles. The molecule has 0 saturated carbocycles. The summed E-state index contributed by atoms with van der Waals surface area (Å²) in [4.78, 5) is 16.6. The number of amides is 2. The second-order valence-corrected chi connectivity index (χ2v) is 6.65. The minimum atomic E-state index is -0.0634. The molecule has 0 atom stereocenters. The summed E-state index contributed by atoms with van der Waals surface area (Å²) in [5.74, 6) is 0.804. The van der Waals surface area contributed by atoms with Crippen molar-refractivity contribution in [1.82, 2.24) is 9.80 Å². The standard InChI is InChI=1S/C20H24ClN3O2/c1-2-26-18-9-7-17(8-10-18)22-20(25)24-13-11-23(12-14-24)15-16-5-3-4-6-19(16)21/h3-10H,2,11-15H2,1H3,(H,22,25). The Bertz CT molecular complexity index is 728. The molecule has 1 aliphatic heterocycles. The molecule has 1 N–H and O–H groups in total. The second kappa shape index (κ2) is 8.92. The molecule has 5 nitrogen and oxygen atoms in total. The van der Waals surface area contributed by atoms with Crippen LogP contribution in [0, 0.1) is 0 Å². The Morgan fingerprint density at radius 1 is 1.08 bits per heavy atom. The van der Waals surface area contributed by atoms with Crippen molar-refractivity contribution in [2.75, 3.05) is 38.1 Å². The molecular weight excluding hydrogens is 350 g/mol. The lowest BCUT2D eigenvalue weighted by Gasteiger charge is -2.34. The molecule has 1 fully saturated rings. The molecule has 2 aromatic rings. The first-order valence-electron chi connectivity index (χ1n) is 8.90. The molecule has 0 aromatic heterocycles. The Labute approximate surface area is 159 Å². The monoisotopic (exact) mass is 373 g/mol. The highest BCUT2D eigenvalue weighted by Crippen LogP contribution is 2.19. The first-order chi connectivity index (χ1) is 12.7. The number of ether oxygens (including phenoxy) is 1. The van der Waals surface area contributed by atoms with Crippen LogP contribution in [0.3, 0.4) is 0 Å². The van der Waals surface area contributed by atoms with E-state index in [9.17, 15) is 4.79 Å². The normalized spacial score (nSPS) is 14.9. The molecule has 0 radical (unpaired) electrons. The quantitative estimate of drug-likeness (QED) is 0.858. The van der Waals surface area contributed by atoms with Gasteiger partial charge in [-0.25, -0.2) is 4.79 Å². The summed E-state index contributed by atoms with van der Waals surface area (Å²) in [6, 6.07) is 15.3. The molecule has 26 heavy (non-hydrogen) atoms. The van der Waals surface area contributed by atoms with Crippen molar-refractivity contribution in [2.24, 2.45) is 0 Å². The largest absolute Gasteiger partial charge is 0.494 e. The maximum absolute atomic E-state index is 12.4. The van der Waals surface area contributed by atoms with Gasteiger partial charge in [0.1, 0.15) is 5.75 Å². The maximum Gasteiger partial charge on any atom is 0.321 e. The lowest BCUT2D eigenvalue weighted by Crippen LogP contribution is -2.49. The van der Waals surface area contributed by atoms with Crippen molar-refractivity contribution in [1.29, 1.82) is 0 Å². The Morgan fingerprint density at radius 3 is 2.42 bits per heavy atom. The van der Waals surface area contributed by atoms with Crippen molar-refractivity contribution < 1.29 is 9.53 Å². The SMILES string of the molecule is CCOc1ccc(NC(=O)N2CCN(Cc3ccccc3Cl)CC2)cc1. The molecule has 1 aliphatic rings. The van der Waals surface area contributed by atoms with E-state index < -0.39 is 0 Å². The van der Waals surface area contributed by atoms with Crippen LogP contribution in [0.1, 0.15) is 12.5 Å². The Hall–Kier alpha value is -2.24. The number of rotatable bonds is 5. The van der Waals surface area contributed by atoms with E-state index in [1.165, 1.54) is 0 Å². The molecule has 2 aromatic carbocycles. The molecule has 1 heterocycles. The number of anilines is 1. The minimum Gasteiger partial charge on any atom is -0.494 e. The van der Waals surface area contributed by atoms with Crippen LogP contribution in [-0.4, -0.2) is 48.6 Å². The Kier molecular flexibility index (Phi) is 6.36. The van der Waals surface area contributed by atoms with E-state index >= 15 is 0 Å². The summed E-state index contributed by atoms with van der Waals surface area (Å²) in [5, 5.41) is 3.74. The topological polar surface area (TPSA) is 44.8 Å². The van der Waals surface area contributed by atoms with Gasteiger partial charge in [-0.3, -0.25) is 4.90 Å². The number of piperazine rings is 1. The third kappa shape index (κ3) is 4.90. The number of carbonyl (C=O) groups excluding carboxylic acids is 1. The lowest BCUT2D eigenvalue weighted by molar-refractivity contribution is 0.143. The summed E-state index contributed by atoms with van der Waals surface area (Å²) in [7, 11) is 0. The van der Waals surface area contributed by atoms with Crippen molar-refractivity contribution in [3.63, 3.8) is 0 Å². The van der Waals surface area contributed by atoms with Gasteiger partial charge >= 0.3 is 6.03 Å². The number of hydrogen-bond donors (Lipinski definition) is 1. The summed E-state index contributed by atoms with van der Waals surface area (Å²) in [6.45, 7) is 6.46. The van der Waals surface area contributed by atoms with Crippen LogP contribution in [0.15, 0.2) is 48.5 Å². The predicted octanol–water partition coefficient (Wildman–Crippen LogP) is 4.09. The van der Waals surface area contributed by atoms with Gasteiger partial charge in [-0.2, -0.15) is 0 Å². The van der Waals surface area contributed by atoms with Gasteiger partial charge < -0.3 is 15.0 Å². The fraction of sp³-hybridized carbons (Fsp3) is 0.350. The molecule has 0 bridgehead atoms. The molecule has 0 spiro atoms. The van der Waals surface area contributed by atoms with Gasteiger partial charge in [0.15, 0.2) is 0 Å². The molecule has 1 saturated heterocycles. The third-order valence-corrected chi connectivity index (χ3v) is 4.80. The number of benzene rings is 2. The van der Waals surface area contributed by atoms with E-state index in [-0.39, 0.29) is 6.03 Å². The van der Waals surface area contributed by atoms with E-state index in [2.05, 4.69) is 10.2 Å². The van der Waals surface area contributed by atoms with Crippen LogP contribution in [0.25, 0.3) is 0 Å². The van der Waals surface area contributed by atoms with Crippen molar-refractivity contribution in [3.8, 4) is 5.75 Å². The van der Waals surface area contributed by atoms with Gasteiger partial charge in [0.25, 0.3) is 0 Å². The molecule has 0 unspecified atom stereocenters. The average molecular weight is 374 g/mol. The van der Waals surface area contributed by atoms with Crippen molar-refractivity contribution in [3.05, 3.63) is 59.1 Å². The fourth-order valence-corrected chi connectivity index (χ4v) is 3.18. The van der Waals surface area contributed by atoms with Crippen molar-refractivity contribution >= 4 is 23.3 Å². The third-order valence-electron chi connectivity index (χ3n) is 4.43. The highest BCUT2D eigenvalue weighted by atomic mass is 35.5. The number of nitrogens with one attached hydrogen (secondary N) is 1. The molecule has 2 amide bonds.